The molecule has 0 radical (unpaired) electrons. The first-order valence-corrected chi connectivity index (χ1v) is 6.11. The summed E-state index contributed by atoms with van der Waals surface area (Å²) < 4.78 is 0.986. The summed E-state index contributed by atoms with van der Waals surface area (Å²) in [4.78, 5) is 15.3. The molecule has 1 amide bonds. The second kappa shape index (κ2) is 7.97. The maximum Gasteiger partial charge on any atom is 0.199 e. The summed E-state index contributed by atoms with van der Waals surface area (Å²) in [5.41, 5.74) is 1.03. The van der Waals surface area contributed by atoms with Gasteiger partial charge in [-0.2, -0.15) is 0 Å². The number of hydrogen-bond donors (Lipinski definition) is 1. The van der Waals surface area contributed by atoms with E-state index in [9.17, 15) is 4.79 Å². The number of carbonyl (C=O) groups is 1. The molecule has 1 aromatic rings. The number of pyridine rings is 1. The van der Waals surface area contributed by atoms with Crippen LogP contribution < -0.4 is 5.32 Å². The Kier molecular flexibility index (Phi) is 6.50. The third kappa shape index (κ3) is 6.19. The Labute approximate surface area is 110 Å². The van der Waals surface area contributed by atoms with Gasteiger partial charge in [-0.1, -0.05) is 28.6 Å². The van der Waals surface area contributed by atoms with Crippen LogP contribution in [0.4, 0.5) is 0 Å². The zero-order chi connectivity index (χ0) is 12.5. The molecule has 92 valence electrons. The van der Waals surface area contributed by atoms with Gasteiger partial charge < -0.3 is 10.6 Å². The molecule has 0 aliphatic rings. The lowest BCUT2D eigenvalue weighted by Gasteiger charge is -2.17. The Morgan fingerprint density at radius 2 is 2.18 bits per heavy atom. The molecule has 0 unspecified atom stereocenters. The minimum absolute atomic E-state index is 0.0711. The quantitative estimate of drug-likeness (QED) is 0.876. The molecule has 1 aromatic heterocycles. The molecule has 0 atom stereocenters. The van der Waals surface area contributed by atoms with E-state index in [0.29, 0.717) is 13.1 Å². The van der Waals surface area contributed by atoms with Crippen molar-refractivity contribution in [1.82, 2.24) is 10.3 Å². The van der Waals surface area contributed by atoms with Crippen LogP contribution in [0, 0.1) is 0 Å². The molecule has 0 saturated carbocycles. The molecule has 1 N–H and O–H groups in total. The fourth-order valence-corrected chi connectivity index (χ4v) is 1.29. The summed E-state index contributed by atoms with van der Waals surface area (Å²) in [7, 11) is 0. The van der Waals surface area contributed by atoms with Gasteiger partial charge >= 0.3 is 0 Å². The number of hydrogen-bond acceptors (Lipinski definition) is 2. The molecule has 0 bridgehead atoms. The van der Waals surface area contributed by atoms with Crippen molar-refractivity contribution in [2.24, 2.45) is 0 Å². The first-order chi connectivity index (χ1) is 8.22. The van der Waals surface area contributed by atoms with Crippen LogP contribution in [0.15, 0.2) is 35.1 Å². The Bertz CT molecular complexity index is 379. The van der Waals surface area contributed by atoms with Crippen LogP contribution in [0.5, 0.6) is 0 Å². The van der Waals surface area contributed by atoms with Gasteiger partial charge in [0, 0.05) is 18.9 Å². The maximum absolute atomic E-state index is 11.4. The van der Waals surface area contributed by atoms with Crippen LogP contribution in [0.3, 0.4) is 0 Å². The van der Waals surface area contributed by atoms with Crippen molar-refractivity contribution in [3.63, 3.8) is 0 Å². The zero-order valence-electron chi connectivity index (χ0n) is 9.69. The summed E-state index contributed by atoms with van der Waals surface area (Å²) in [5, 5.41) is 6.91. The van der Waals surface area contributed by atoms with Crippen LogP contribution in [-0.2, 0) is 11.3 Å². The van der Waals surface area contributed by atoms with Gasteiger partial charge in [0.05, 0.1) is 0 Å². The Hall–Kier alpha value is -1.20. The summed E-state index contributed by atoms with van der Waals surface area (Å²) in [5.74, 6) is -0.0711. The molecule has 0 aromatic carbocycles. The van der Waals surface area contributed by atoms with Crippen LogP contribution in [0.25, 0.3) is 5.32 Å². The third-order valence-corrected chi connectivity index (χ3v) is 2.78. The van der Waals surface area contributed by atoms with Crippen molar-refractivity contribution >= 4 is 21.8 Å². The number of halogens is 1. The number of amides is 1. The maximum atomic E-state index is 11.4. The molecular weight excluding hydrogens is 282 g/mol. The van der Waals surface area contributed by atoms with Gasteiger partial charge in [0.1, 0.15) is 0 Å². The smallest absolute Gasteiger partial charge is 0.199 e. The third-order valence-electron chi connectivity index (χ3n) is 2.07. The normalized spacial score (nSPS) is 11.3. The van der Waals surface area contributed by atoms with Gasteiger partial charge in [-0.15, -0.1) is 6.54 Å². The van der Waals surface area contributed by atoms with Gasteiger partial charge in [-0.25, -0.2) is 0 Å². The topological polar surface area (TPSA) is 56.1 Å². The number of allylic oxidation sites excluding steroid dienone is 1. The molecule has 0 aliphatic heterocycles. The van der Waals surface area contributed by atoms with E-state index in [1.54, 1.807) is 12.4 Å². The van der Waals surface area contributed by atoms with Crippen LogP contribution in [-0.4, -0.2) is 24.0 Å². The average Bonchev–Trinajstić information content (AvgIpc) is 2.37. The van der Waals surface area contributed by atoms with Crippen LogP contribution in [0.2, 0.25) is 0 Å². The first-order valence-electron chi connectivity index (χ1n) is 5.32. The summed E-state index contributed by atoms with van der Waals surface area (Å²) in [6.45, 7) is 3.16. The van der Waals surface area contributed by atoms with Crippen LogP contribution in [0.1, 0.15) is 12.5 Å². The molecule has 17 heavy (non-hydrogen) atoms. The number of rotatable bonds is 6. The van der Waals surface area contributed by atoms with Gasteiger partial charge in [-0.3, -0.25) is 9.78 Å². The Morgan fingerprint density at radius 1 is 1.47 bits per heavy atom. The predicted octanol–water partition coefficient (Wildman–Crippen LogP) is 2.37. The van der Waals surface area contributed by atoms with Crippen molar-refractivity contribution in [3.05, 3.63) is 46.0 Å². The van der Waals surface area contributed by atoms with Gasteiger partial charge in [0.2, 0.25) is 0 Å². The zero-order valence-corrected chi connectivity index (χ0v) is 11.3. The molecular formula is C12H15BrN3O-. The molecule has 0 saturated heterocycles. The molecule has 0 spiro atoms. The molecule has 1 rings (SSSR count). The first kappa shape index (κ1) is 13.9. The Morgan fingerprint density at radius 3 is 2.82 bits per heavy atom. The molecule has 5 heteroatoms. The highest BCUT2D eigenvalue weighted by atomic mass is 79.9. The largest absolute Gasteiger partial charge is 0.650 e. The number of aromatic nitrogens is 1. The van der Waals surface area contributed by atoms with E-state index in [0.717, 1.165) is 10.0 Å². The van der Waals surface area contributed by atoms with E-state index in [2.05, 4.69) is 31.5 Å². The van der Waals surface area contributed by atoms with Crippen molar-refractivity contribution in [3.8, 4) is 0 Å². The highest BCUT2D eigenvalue weighted by Gasteiger charge is 1.95. The lowest BCUT2D eigenvalue weighted by Crippen LogP contribution is -2.25. The van der Waals surface area contributed by atoms with E-state index >= 15 is 0 Å². The summed E-state index contributed by atoms with van der Waals surface area (Å²) in [6.07, 6.45) is 5.32. The van der Waals surface area contributed by atoms with Gasteiger partial charge in [-0.05, 0) is 29.1 Å². The number of nitrogens with one attached hydrogen (secondary N) is 1. The SMILES string of the molecule is C/C=C(/Br)C[N-]CC(=O)NCc1ccncc1. The lowest BCUT2D eigenvalue weighted by molar-refractivity contribution is -0.119. The summed E-state index contributed by atoms with van der Waals surface area (Å²) >= 11 is 3.33. The minimum atomic E-state index is -0.0711. The predicted molar refractivity (Wildman–Crippen MR) is 71.9 cm³/mol. The van der Waals surface area contributed by atoms with E-state index < -0.39 is 0 Å². The van der Waals surface area contributed by atoms with E-state index in [-0.39, 0.29) is 12.5 Å². The van der Waals surface area contributed by atoms with Crippen LogP contribution >= 0.6 is 15.9 Å². The summed E-state index contributed by atoms with van der Waals surface area (Å²) in [6, 6.07) is 3.74. The second-order valence-corrected chi connectivity index (χ2v) is 4.43. The van der Waals surface area contributed by atoms with E-state index in [1.165, 1.54) is 0 Å². The lowest BCUT2D eigenvalue weighted by atomic mass is 10.3. The monoisotopic (exact) mass is 296 g/mol. The van der Waals surface area contributed by atoms with Crippen molar-refractivity contribution in [2.45, 2.75) is 13.5 Å². The minimum Gasteiger partial charge on any atom is -0.650 e. The van der Waals surface area contributed by atoms with Crippen molar-refractivity contribution in [1.29, 1.82) is 0 Å². The molecule has 0 fully saturated rings. The Balaban J connectivity index is 2.18. The van der Waals surface area contributed by atoms with Gasteiger partial charge in [0.15, 0.2) is 5.91 Å². The van der Waals surface area contributed by atoms with Gasteiger partial charge in [0.25, 0.3) is 0 Å². The van der Waals surface area contributed by atoms with E-state index in [1.807, 2.05) is 25.1 Å². The molecule has 1 heterocycles. The second-order valence-electron chi connectivity index (χ2n) is 3.41. The fraction of sp³-hybridized carbons (Fsp3) is 0.333. The molecule has 4 nitrogen and oxygen atoms in total. The molecule has 0 aliphatic carbocycles. The fourth-order valence-electron chi connectivity index (χ4n) is 1.11. The van der Waals surface area contributed by atoms with E-state index in [4.69, 9.17) is 0 Å². The highest BCUT2D eigenvalue weighted by Crippen LogP contribution is 2.06. The highest BCUT2D eigenvalue weighted by molar-refractivity contribution is 9.11. The standard InChI is InChI=1S/C12H15BrN3O/c1-2-11(13)8-15-9-12(17)16-7-10-3-5-14-6-4-10/h2-6H,7-9H2,1H3,(H,16,17)/q-1/b11-2+. The van der Waals surface area contributed by atoms with Crippen molar-refractivity contribution in [2.75, 3.05) is 13.1 Å². The number of nitrogens with zero attached hydrogens (tertiary/aromatic N) is 2. The number of carbonyl (C=O) groups excluding carboxylic acids is 1. The average molecular weight is 297 g/mol. The van der Waals surface area contributed by atoms with Crippen molar-refractivity contribution < 1.29 is 4.79 Å².